The zero-order valence-electron chi connectivity index (χ0n) is 11.0. The molecule has 6 heteroatoms. The van der Waals surface area contributed by atoms with Crippen molar-refractivity contribution >= 4 is 17.7 Å². The van der Waals surface area contributed by atoms with Crippen molar-refractivity contribution < 1.29 is 4.79 Å². The number of primary amides is 1. The van der Waals surface area contributed by atoms with Crippen molar-refractivity contribution in [3.05, 3.63) is 41.2 Å². The molecule has 0 unspecified atom stereocenters. The molecule has 2 N–H and O–H groups in total. The molecule has 2 aromatic rings. The second kappa shape index (κ2) is 5.88. The van der Waals surface area contributed by atoms with Crippen LogP contribution in [0.2, 0.25) is 0 Å². The van der Waals surface area contributed by atoms with Crippen LogP contribution in [0, 0.1) is 6.92 Å². The molecule has 0 radical (unpaired) electrons. The lowest BCUT2D eigenvalue weighted by Crippen LogP contribution is -2.10. The first-order valence-electron chi connectivity index (χ1n) is 6.03. The number of nitrogens with zero attached hydrogens (tertiary/aromatic N) is 3. The fourth-order valence-electron chi connectivity index (χ4n) is 1.63. The first-order chi connectivity index (χ1) is 9.10. The molecule has 2 rings (SSSR count). The normalized spacial score (nSPS) is 10.6. The third kappa shape index (κ3) is 3.35. The second-order valence-electron chi connectivity index (χ2n) is 4.10. The maximum atomic E-state index is 11.1. The number of benzene rings is 1. The summed E-state index contributed by atoms with van der Waals surface area (Å²) in [7, 11) is 0. The molecule has 0 aliphatic heterocycles. The van der Waals surface area contributed by atoms with Gasteiger partial charge in [-0.25, -0.2) is 0 Å². The van der Waals surface area contributed by atoms with E-state index >= 15 is 0 Å². The molecule has 0 atom stereocenters. The largest absolute Gasteiger partial charge is 0.366 e. The summed E-state index contributed by atoms with van der Waals surface area (Å²) < 4.78 is 0. The number of thioether (sulfide) groups is 1. The van der Waals surface area contributed by atoms with E-state index < -0.39 is 5.91 Å². The van der Waals surface area contributed by atoms with E-state index in [1.807, 2.05) is 26.0 Å². The molecule has 1 amide bonds. The molecule has 0 bridgehead atoms. The van der Waals surface area contributed by atoms with Crippen molar-refractivity contribution in [3.63, 3.8) is 0 Å². The van der Waals surface area contributed by atoms with Gasteiger partial charge < -0.3 is 5.73 Å². The first kappa shape index (κ1) is 13.6. The van der Waals surface area contributed by atoms with Crippen LogP contribution in [0.3, 0.4) is 0 Å². The molecule has 19 heavy (non-hydrogen) atoms. The maximum absolute atomic E-state index is 11.1. The minimum absolute atomic E-state index is 0.407. The number of aryl methyl sites for hydroxylation is 2. The maximum Gasteiger partial charge on any atom is 0.248 e. The molecule has 1 aromatic carbocycles. The highest BCUT2D eigenvalue weighted by Gasteiger charge is 2.07. The fourth-order valence-corrected chi connectivity index (χ4v) is 2.59. The Bertz CT molecular complexity index is 594. The van der Waals surface area contributed by atoms with Crippen LogP contribution >= 0.6 is 11.8 Å². The van der Waals surface area contributed by atoms with Gasteiger partial charge in [-0.3, -0.25) is 4.79 Å². The molecular weight excluding hydrogens is 260 g/mol. The first-order valence-corrected chi connectivity index (χ1v) is 7.02. The lowest BCUT2D eigenvalue weighted by Gasteiger charge is -2.01. The lowest BCUT2D eigenvalue weighted by atomic mass is 10.2. The van der Waals surface area contributed by atoms with Gasteiger partial charge in [-0.15, -0.1) is 11.8 Å². The number of carbonyl (C=O) groups excluding carboxylic acids is 1. The number of rotatable bonds is 5. The monoisotopic (exact) mass is 276 g/mol. The van der Waals surface area contributed by atoms with Crippen molar-refractivity contribution in [2.75, 3.05) is 0 Å². The predicted molar refractivity (Wildman–Crippen MR) is 75.0 cm³/mol. The van der Waals surface area contributed by atoms with Gasteiger partial charge in [-0.05, 0) is 32.0 Å². The zero-order chi connectivity index (χ0) is 13.8. The minimum Gasteiger partial charge on any atom is -0.366 e. The van der Waals surface area contributed by atoms with Gasteiger partial charge in [0, 0.05) is 16.2 Å². The second-order valence-corrected chi connectivity index (χ2v) is 5.15. The highest BCUT2D eigenvalue weighted by atomic mass is 32.2. The number of hydrogen-bond acceptors (Lipinski definition) is 4. The van der Waals surface area contributed by atoms with Gasteiger partial charge in [-0.1, -0.05) is 6.07 Å². The van der Waals surface area contributed by atoms with E-state index in [0.717, 1.165) is 28.6 Å². The molecule has 1 heterocycles. The van der Waals surface area contributed by atoms with Gasteiger partial charge in [-0.2, -0.15) is 15.0 Å². The van der Waals surface area contributed by atoms with Gasteiger partial charge in [0.15, 0.2) is 0 Å². The molecule has 5 nitrogen and oxygen atoms in total. The van der Waals surface area contributed by atoms with E-state index in [1.54, 1.807) is 28.7 Å². The fraction of sp³-hybridized carbons (Fsp3) is 0.308. The quantitative estimate of drug-likeness (QED) is 0.848. The van der Waals surface area contributed by atoms with Crippen molar-refractivity contribution in [2.24, 2.45) is 5.73 Å². The van der Waals surface area contributed by atoms with Crippen molar-refractivity contribution in [1.29, 1.82) is 0 Å². The Balaban J connectivity index is 2.07. The Hall–Kier alpha value is -1.82. The lowest BCUT2D eigenvalue weighted by molar-refractivity contribution is 0.1000. The average molecular weight is 276 g/mol. The highest BCUT2D eigenvalue weighted by molar-refractivity contribution is 7.98. The third-order valence-corrected chi connectivity index (χ3v) is 3.70. The summed E-state index contributed by atoms with van der Waals surface area (Å²) in [5.41, 5.74) is 7.70. The van der Waals surface area contributed by atoms with Crippen molar-refractivity contribution in [2.45, 2.75) is 31.0 Å². The van der Waals surface area contributed by atoms with Crippen LogP contribution in [-0.4, -0.2) is 20.9 Å². The number of amides is 1. The Morgan fingerprint density at radius 1 is 1.42 bits per heavy atom. The Kier molecular flexibility index (Phi) is 4.21. The molecule has 0 saturated heterocycles. The highest BCUT2D eigenvalue weighted by Crippen LogP contribution is 2.23. The van der Waals surface area contributed by atoms with E-state index in [1.165, 1.54) is 0 Å². The molecule has 0 aliphatic rings. The van der Waals surface area contributed by atoms with Gasteiger partial charge in [0.2, 0.25) is 5.91 Å². The summed E-state index contributed by atoms with van der Waals surface area (Å²) in [6.07, 6.45) is 0. The third-order valence-electron chi connectivity index (χ3n) is 2.70. The zero-order valence-corrected chi connectivity index (χ0v) is 11.8. The van der Waals surface area contributed by atoms with Crippen LogP contribution in [0.1, 0.15) is 28.7 Å². The molecule has 0 saturated carbocycles. The summed E-state index contributed by atoms with van der Waals surface area (Å²) >= 11 is 1.62. The van der Waals surface area contributed by atoms with Crippen LogP contribution in [-0.2, 0) is 12.3 Å². The molecular formula is C13H16N4OS. The molecule has 0 aliphatic carbocycles. The van der Waals surface area contributed by atoms with Crippen LogP contribution in [0.4, 0.5) is 0 Å². The smallest absolute Gasteiger partial charge is 0.248 e. The molecule has 0 fully saturated rings. The van der Waals surface area contributed by atoms with Crippen LogP contribution in [0.5, 0.6) is 0 Å². The van der Waals surface area contributed by atoms with Gasteiger partial charge in [0.25, 0.3) is 0 Å². The minimum atomic E-state index is -0.407. The van der Waals surface area contributed by atoms with Crippen LogP contribution in [0.15, 0.2) is 29.2 Å². The number of hydrogen-bond donors (Lipinski definition) is 1. The Labute approximate surface area is 116 Å². The van der Waals surface area contributed by atoms with Crippen LogP contribution in [0.25, 0.3) is 0 Å². The van der Waals surface area contributed by atoms with Gasteiger partial charge >= 0.3 is 0 Å². The van der Waals surface area contributed by atoms with E-state index in [9.17, 15) is 4.79 Å². The molecule has 1 aromatic heterocycles. The summed E-state index contributed by atoms with van der Waals surface area (Å²) in [6, 6.07) is 7.30. The molecule has 0 spiro atoms. The molecule has 100 valence electrons. The van der Waals surface area contributed by atoms with Crippen LogP contribution < -0.4 is 5.73 Å². The standard InChI is InChI=1S/C13H16N4OS/c1-3-17-15-9(2)12(16-17)8-19-11-6-4-5-10(7-11)13(14)18/h4-7H,3,8H2,1-2H3,(H2,14,18). The number of carbonyl (C=O) groups is 1. The van der Waals surface area contributed by atoms with E-state index in [4.69, 9.17) is 5.73 Å². The Morgan fingerprint density at radius 3 is 2.84 bits per heavy atom. The average Bonchev–Trinajstić information content (AvgIpc) is 2.77. The van der Waals surface area contributed by atoms with Crippen molar-refractivity contribution in [1.82, 2.24) is 15.0 Å². The Morgan fingerprint density at radius 2 is 2.21 bits per heavy atom. The van der Waals surface area contributed by atoms with E-state index in [0.29, 0.717) is 5.56 Å². The van der Waals surface area contributed by atoms with Gasteiger partial charge in [0.05, 0.1) is 17.9 Å². The number of aromatic nitrogens is 3. The van der Waals surface area contributed by atoms with E-state index in [2.05, 4.69) is 10.2 Å². The van der Waals surface area contributed by atoms with E-state index in [-0.39, 0.29) is 0 Å². The topological polar surface area (TPSA) is 73.8 Å². The van der Waals surface area contributed by atoms with Crippen molar-refractivity contribution in [3.8, 4) is 0 Å². The summed E-state index contributed by atoms with van der Waals surface area (Å²) in [6.45, 7) is 4.73. The van der Waals surface area contributed by atoms with Gasteiger partial charge in [0.1, 0.15) is 0 Å². The summed E-state index contributed by atoms with van der Waals surface area (Å²) in [5.74, 6) is 0.323. The predicted octanol–water partition coefficient (Wildman–Crippen LogP) is 2.00. The SMILES string of the molecule is CCn1nc(C)c(CSc2cccc(C(N)=O)c2)n1. The summed E-state index contributed by atoms with van der Waals surface area (Å²) in [5, 5.41) is 8.70. The number of nitrogens with two attached hydrogens (primary N) is 1. The summed E-state index contributed by atoms with van der Waals surface area (Å²) in [4.78, 5) is 13.8.